The number of nitrogens with zero attached hydrogens (tertiary/aromatic N) is 1. The fraction of sp³-hybridized carbons (Fsp3) is 0.467. The lowest BCUT2D eigenvalue weighted by Gasteiger charge is -2.20. The van der Waals surface area contributed by atoms with Gasteiger partial charge < -0.3 is 15.0 Å². The van der Waals surface area contributed by atoms with Gasteiger partial charge in [0.05, 0.1) is 12.4 Å². The number of thiocarbonyl (C=S) groups is 1. The maximum absolute atomic E-state index is 12.2. The maximum Gasteiger partial charge on any atom is 0.237 e. The van der Waals surface area contributed by atoms with Crippen LogP contribution in [0.1, 0.15) is 19.8 Å². The molecule has 1 aromatic carbocycles. The number of amides is 1. The number of rotatable bonds is 4. The lowest BCUT2D eigenvalue weighted by atomic mass is 10.3. The topological polar surface area (TPSA) is 41.6 Å². The van der Waals surface area contributed by atoms with Crippen molar-refractivity contribution in [3.05, 3.63) is 24.3 Å². The normalized spacial score (nSPS) is 15.6. The number of nitrogens with one attached hydrogen (secondary N) is 1. The van der Waals surface area contributed by atoms with Gasteiger partial charge in [0.2, 0.25) is 5.91 Å². The third kappa shape index (κ3) is 4.61. The van der Waals surface area contributed by atoms with Crippen molar-refractivity contribution in [2.45, 2.75) is 25.0 Å². The Labute approximate surface area is 135 Å². The van der Waals surface area contributed by atoms with E-state index in [0.717, 1.165) is 28.8 Å². The quantitative estimate of drug-likeness (QED) is 0.862. The van der Waals surface area contributed by atoms with Crippen LogP contribution in [0.5, 0.6) is 5.75 Å². The van der Waals surface area contributed by atoms with Crippen molar-refractivity contribution in [1.29, 1.82) is 0 Å². The van der Waals surface area contributed by atoms with Gasteiger partial charge in [0.15, 0.2) is 0 Å². The highest BCUT2D eigenvalue weighted by Crippen LogP contribution is 2.22. The van der Waals surface area contributed by atoms with E-state index in [1.54, 1.807) is 7.11 Å². The lowest BCUT2D eigenvalue weighted by Crippen LogP contribution is -2.29. The monoisotopic (exact) mass is 324 g/mol. The van der Waals surface area contributed by atoms with Gasteiger partial charge in [0.25, 0.3) is 0 Å². The molecular formula is C15H20N2O2S2. The van der Waals surface area contributed by atoms with Gasteiger partial charge >= 0.3 is 0 Å². The van der Waals surface area contributed by atoms with Crippen LogP contribution in [0.4, 0.5) is 5.69 Å². The summed E-state index contributed by atoms with van der Waals surface area (Å²) in [5.74, 6) is 0.734. The van der Waals surface area contributed by atoms with E-state index in [1.807, 2.05) is 31.2 Å². The number of likely N-dealkylation sites (tertiary alicyclic amines) is 1. The maximum atomic E-state index is 12.2. The number of benzene rings is 1. The summed E-state index contributed by atoms with van der Waals surface area (Å²) in [7, 11) is 1.62. The Bertz CT molecular complexity index is 499. The van der Waals surface area contributed by atoms with Gasteiger partial charge in [0, 0.05) is 18.8 Å². The molecule has 1 saturated heterocycles. The number of thioether (sulfide) groups is 1. The second-order valence-electron chi connectivity index (χ2n) is 4.94. The summed E-state index contributed by atoms with van der Waals surface area (Å²) in [6, 6.07) is 7.30. The molecule has 0 aromatic heterocycles. The van der Waals surface area contributed by atoms with Crippen LogP contribution in [0.15, 0.2) is 24.3 Å². The van der Waals surface area contributed by atoms with Crippen LogP contribution >= 0.6 is 24.0 Å². The molecule has 21 heavy (non-hydrogen) atoms. The molecule has 1 atom stereocenters. The van der Waals surface area contributed by atoms with Crippen molar-refractivity contribution in [2.24, 2.45) is 0 Å². The highest BCUT2D eigenvalue weighted by molar-refractivity contribution is 8.23. The Hall–Kier alpha value is -1.27. The predicted octanol–water partition coefficient (Wildman–Crippen LogP) is 3.14. The molecule has 0 radical (unpaired) electrons. The van der Waals surface area contributed by atoms with Crippen LogP contribution < -0.4 is 10.1 Å². The molecule has 1 aliphatic rings. The fourth-order valence-electron chi connectivity index (χ4n) is 2.10. The Morgan fingerprint density at radius 3 is 2.52 bits per heavy atom. The average molecular weight is 324 g/mol. The first-order valence-electron chi connectivity index (χ1n) is 7.00. The van der Waals surface area contributed by atoms with E-state index < -0.39 is 0 Å². The smallest absolute Gasteiger partial charge is 0.237 e. The molecule has 2 rings (SSSR count). The number of hydrogen-bond donors (Lipinski definition) is 1. The number of ether oxygens (including phenoxy) is 1. The van der Waals surface area contributed by atoms with E-state index in [0.29, 0.717) is 0 Å². The third-order valence-corrected chi connectivity index (χ3v) is 4.94. The van der Waals surface area contributed by atoms with Crippen LogP contribution in [0, 0.1) is 0 Å². The van der Waals surface area contributed by atoms with Gasteiger partial charge in [-0.2, -0.15) is 0 Å². The van der Waals surface area contributed by atoms with Crippen molar-refractivity contribution in [3.8, 4) is 5.75 Å². The Kier molecular flexibility index (Phi) is 5.87. The molecule has 1 aliphatic heterocycles. The van der Waals surface area contributed by atoms with E-state index in [1.165, 1.54) is 24.6 Å². The summed E-state index contributed by atoms with van der Waals surface area (Å²) in [5, 5.41) is 2.69. The van der Waals surface area contributed by atoms with Crippen LogP contribution in [0.25, 0.3) is 0 Å². The van der Waals surface area contributed by atoms with Gasteiger partial charge in [-0.1, -0.05) is 24.0 Å². The predicted molar refractivity (Wildman–Crippen MR) is 92.1 cm³/mol. The number of hydrogen-bond acceptors (Lipinski definition) is 4. The zero-order chi connectivity index (χ0) is 15.2. The SMILES string of the molecule is COc1ccc(NC(=O)[C@@H](C)SC(=S)N2CCCC2)cc1. The molecule has 0 spiro atoms. The first kappa shape index (κ1) is 16.1. The zero-order valence-corrected chi connectivity index (χ0v) is 13.9. The van der Waals surface area contributed by atoms with E-state index in [-0.39, 0.29) is 11.2 Å². The molecule has 114 valence electrons. The molecular weight excluding hydrogens is 304 g/mol. The van der Waals surface area contributed by atoms with Crippen molar-refractivity contribution < 1.29 is 9.53 Å². The van der Waals surface area contributed by atoms with Gasteiger partial charge in [-0.3, -0.25) is 4.79 Å². The molecule has 0 bridgehead atoms. The molecule has 1 N–H and O–H groups in total. The summed E-state index contributed by atoms with van der Waals surface area (Å²) >= 11 is 6.85. The van der Waals surface area contributed by atoms with E-state index in [4.69, 9.17) is 17.0 Å². The van der Waals surface area contributed by atoms with Crippen molar-refractivity contribution in [2.75, 3.05) is 25.5 Å². The highest BCUT2D eigenvalue weighted by Gasteiger charge is 2.21. The van der Waals surface area contributed by atoms with E-state index in [9.17, 15) is 4.79 Å². The number of anilines is 1. The van der Waals surface area contributed by atoms with E-state index in [2.05, 4.69) is 10.2 Å². The molecule has 1 aromatic rings. The van der Waals surface area contributed by atoms with Crippen molar-refractivity contribution in [3.63, 3.8) is 0 Å². The molecule has 4 nitrogen and oxygen atoms in total. The van der Waals surface area contributed by atoms with Crippen LogP contribution in [-0.2, 0) is 4.79 Å². The van der Waals surface area contributed by atoms with Gasteiger partial charge in [-0.05, 0) is 44.0 Å². The molecule has 1 amide bonds. The number of carbonyl (C=O) groups excluding carboxylic acids is 1. The van der Waals surface area contributed by atoms with Crippen molar-refractivity contribution >= 4 is 39.9 Å². The van der Waals surface area contributed by atoms with Gasteiger partial charge in [-0.15, -0.1) is 0 Å². The zero-order valence-electron chi connectivity index (χ0n) is 12.3. The highest BCUT2D eigenvalue weighted by atomic mass is 32.2. The first-order chi connectivity index (χ1) is 10.1. The summed E-state index contributed by atoms with van der Waals surface area (Å²) in [5.41, 5.74) is 0.764. The third-order valence-electron chi connectivity index (χ3n) is 3.37. The molecule has 1 heterocycles. The van der Waals surface area contributed by atoms with Crippen LogP contribution in [0.3, 0.4) is 0 Å². The Morgan fingerprint density at radius 1 is 1.33 bits per heavy atom. The fourth-order valence-corrected chi connectivity index (χ4v) is 3.51. The van der Waals surface area contributed by atoms with Crippen LogP contribution in [0.2, 0.25) is 0 Å². The largest absolute Gasteiger partial charge is 0.497 e. The molecule has 0 unspecified atom stereocenters. The van der Waals surface area contributed by atoms with Crippen LogP contribution in [-0.4, -0.2) is 40.6 Å². The van der Waals surface area contributed by atoms with E-state index >= 15 is 0 Å². The summed E-state index contributed by atoms with van der Waals surface area (Å²) in [6.07, 6.45) is 2.38. The van der Waals surface area contributed by atoms with Gasteiger partial charge in [0.1, 0.15) is 10.1 Å². The Balaban J connectivity index is 1.85. The second-order valence-corrected chi connectivity index (χ2v) is 6.91. The first-order valence-corrected chi connectivity index (χ1v) is 8.29. The standard InChI is InChI=1S/C15H20N2O2S2/c1-11(21-15(20)17-9-3-4-10-17)14(18)16-12-5-7-13(19-2)8-6-12/h5-8,11H,3-4,9-10H2,1-2H3,(H,16,18)/t11-/m1/s1. The average Bonchev–Trinajstić information content (AvgIpc) is 3.02. The minimum absolute atomic E-state index is 0.0355. The second kappa shape index (κ2) is 7.66. The minimum atomic E-state index is -0.208. The number of methoxy groups -OCH3 is 1. The molecule has 1 fully saturated rings. The van der Waals surface area contributed by atoms with Gasteiger partial charge in [-0.25, -0.2) is 0 Å². The number of carbonyl (C=O) groups is 1. The van der Waals surface area contributed by atoms with Crippen molar-refractivity contribution in [1.82, 2.24) is 4.90 Å². The summed E-state index contributed by atoms with van der Waals surface area (Å²) < 4.78 is 5.92. The minimum Gasteiger partial charge on any atom is -0.497 e. The summed E-state index contributed by atoms with van der Waals surface area (Å²) in [6.45, 7) is 3.91. The Morgan fingerprint density at radius 2 is 1.95 bits per heavy atom. The molecule has 6 heteroatoms. The molecule has 0 aliphatic carbocycles. The lowest BCUT2D eigenvalue weighted by molar-refractivity contribution is -0.115. The summed E-state index contributed by atoms with van der Waals surface area (Å²) in [4.78, 5) is 14.4. The molecule has 0 saturated carbocycles.